The molecule has 1 aromatic carbocycles. The molecule has 2 rings (SSSR count). The second-order valence-corrected chi connectivity index (χ2v) is 6.53. The van der Waals surface area contributed by atoms with Gasteiger partial charge in [0.15, 0.2) is 0 Å². The third-order valence-corrected chi connectivity index (χ3v) is 4.37. The van der Waals surface area contributed by atoms with Gasteiger partial charge >= 0.3 is 0 Å². The fourth-order valence-corrected chi connectivity index (χ4v) is 2.98. The first-order valence-electron chi connectivity index (χ1n) is 8.20. The van der Waals surface area contributed by atoms with Gasteiger partial charge in [-0.25, -0.2) is 0 Å². The number of amides is 2. The molecule has 0 radical (unpaired) electrons. The van der Waals surface area contributed by atoms with Crippen LogP contribution in [0.5, 0.6) is 0 Å². The molecule has 0 bridgehead atoms. The summed E-state index contributed by atoms with van der Waals surface area (Å²) >= 11 is 0. The Bertz CT molecular complexity index is 542. The van der Waals surface area contributed by atoms with Crippen molar-refractivity contribution in [2.75, 3.05) is 33.7 Å². The maximum Gasteiger partial charge on any atom is 0.236 e. The Morgan fingerprint density at radius 1 is 1.30 bits per heavy atom. The summed E-state index contributed by atoms with van der Waals surface area (Å²) in [6.07, 6.45) is 1.43. The number of likely N-dealkylation sites (N-methyl/N-ethyl adjacent to an activating group) is 1. The monoisotopic (exact) mass is 317 g/mol. The molecule has 1 atom stereocenters. The maximum atomic E-state index is 12.4. The normalized spacial score (nSPS) is 17.6. The number of hydrogen-bond acceptors (Lipinski definition) is 3. The highest BCUT2D eigenvalue weighted by Crippen LogP contribution is 2.19. The zero-order valence-corrected chi connectivity index (χ0v) is 14.3. The topological polar surface area (TPSA) is 52.7 Å². The summed E-state index contributed by atoms with van der Waals surface area (Å²) < 4.78 is 0. The second kappa shape index (κ2) is 8.11. The fraction of sp³-hybridized carbons (Fsp3) is 0.556. The molecule has 1 fully saturated rings. The molecule has 1 aromatic rings. The zero-order chi connectivity index (χ0) is 16.8. The van der Waals surface area contributed by atoms with Gasteiger partial charge in [-0.3, -0.25) is 14.5 Å². The highest BCUT2D eigenvalue weighted by Gasteiger charge is 2.27. The molecule has 23 heavy (non-hydrogen) atoms. The van der Waals surface area contributed by atoms with Crippen molar-refractivity contribution in [2.45, 2.75) is 26.3 Å². The van der Waals surface area contributed by atoms with Crippen LogP contribution in [0.25, 0.3) is 0 Å². The highest BCUT2D eigenvalue weighted by molar-refractivity contribution is 5.79. The number of rotatable bonds is 6. The summed E-state index contributed by atoms with van der Waals surface area (Å²) in [7, 11) is 3.62. The quantitative estimate of drug-likeness (QED) is 0.863. The van der Waals surface area contributed by atoms with Crippen molar-refractivity contribution < 1.29 is 9.59 Å². The molecule has 1 saturated heterocycles. The lowest BCUT2D eigenvalue weighted by molar-refractivity contribution is -0.131. The van der Waals surface area contributed by atoms with E-state index in [2.05, 4.69) is 36.5 Å². The summed E-state index contributed by atoms with van der Waals surface area (Å²) in [5.41, 5.74) is 2.46. The molecule has 1 aliphatic rings. The molecule has 0 spiro atoms. The lowest BCUT2D eigenvalue weighted by Gasteiger charge is -2.21. The van der Waals surface area contributed by atoms with E-state index < -0.39 is 0 Å². The second-order valence-electron chi connectivity index (χ2n) is 6.53. The van der Waals surface area contributed by atoms with E-state index in [0.717, 1.165) is 19.5 Å². The number of nitrogens with zero attached hydrogens (tertiary/aromatic N) is 2. The third-order valence-electron chi connectivity index (χ3n) is 4.37. The molecule has 0 unspecified atom stereocenters. The third kappa shape index (κ3) is 5.36. The Hall–Kier alpha value is -1.88. The van der Waals surface area contributed by atoms with E-state index in [1.165, 1.54) is 11.1 Å². The molecule has 5 nitrogen and oxygen atoms in total. The molecular weight excluding hydrogens is 290 g/mol. The van der Waals surface area contributed by atoms with Gasteiger partial charge in [0, 0.05) is 33.1 Å². The Balaban J connectivity index is 1.78. The van der Waals surface area contributed by atoms with Crippen LogP contribution in [-0.4, -0.2) is 55.3 Å². The first-order chi connectivity index (χ1) is 11.0. The molecule has 0 saturated carbocycles. The molecule has 126 valence electrons. The van der Waals surface area contributed by atoms with Crippen LogP contribution in [0.3, 0.4) is 0 Å². The van der Waals surface area contributed by atoms with Gasteiger partial charge in [0.1, 0.15) is 0 Å². The Labute approximate surface area is 138 Å². The van der Waals surface area contributed by atoms with Crippen LogP contribution in [-0.2, 0) is 16.1 Å². The smallest absolute Gasteiger partial charge is 0.236 e. The van der Waals surface area contributed by atoms with Gasteiger partial charge < -0.3 is 10.2 Å². The van der Waals surface area contributed by atoms with Crippen LogP contribution in [0.4, 0.5) is 0 Å². The van der Waals surface area contributed by atoms with Crippen LogP contribution >= 0.6 is 0 Å². The molecule has 2 amide bonds. The molecule has 1 N–H and O–H groups in total. The van der Waals surface area contributed by atoms with E-state index >= 15 is 0 Å². The number of hydrogen-bond donors (Lipinski definition) is 1. The lowest BCUT2D eigenvalue weighted by atomic mass is 10.1. The van der Waals surface area contributed by atoms with E-state index in [9.17, 15) is 9.59 Å². The Morgan fingerprint density at radius 2 is 2.00 bits per heavy atom. The highest BCUT2D eigenvalue weighted by atomic mass is 16.2. The predicted octanol–water partition coefficient (Wildman–Crippen LogP) is 1.41. The van der Waals surface area contributed by atoms with E-state index in [1.807, 2.05) is 16.8 Å². The summed E-state index contributed by atoms with van der Waals surface area (Å²) in [6, 6.07) is 8.39. The van der Waals surface area contributed by atoms with Crippen molar-refractivity contribution >= 4 is 11.8 Å². The standard InChI is InChI=1S/C18H27N3O2/c1-14-4-6-15(7-5-14)11-20(3)13-18(23)21-9-8-16(12-21)10-17(22)19-2/h4-7,16H,8-13H2,1-3H3,(H,19,22)/t16-/m0/s1. The van der Waals surface area contributed by atoms with Gasteiger partial charge in [-0.15, -0.1) is 0 Å². The Kier molecular flexibility index (Phi) is 6.16. The Morgan fingerprint density at radius 3 is 2.65 bits per heavy atom. The molecule has 1 heterocycles. The lowest BCUT2D eigenvalue weighted by Crippen LogP contribution is -2.37. The van der Waals surface area contributed by atoms with Crippen molar-refractivity contribution in [3.05, 3.63) is 35.4 Å². The molecular formula is C18H27N3O2. The minimum Gasteiger partial charge on any atom is -0.359 e. The van der Waals surface area contributed by atoms with Crippen molar-refractivity contribution in [2.24, 2.45) is 5.92 Å². The largest absolute Gasteiger partial charge is 0.359 e. The van der Waals surface area contributed by atoms with E-state index in [4.69, 9.17) is 0 Å². The minimum atomic E-state index is 0.0563. The van der Waals surface area contributed by atoms with Crippen molar-refractivity contribution in [3.63, 3.8) is 0 Å². The van der Waals surface area contributed by atoms with Crippen LogP contribution in [0.2, 0.25) is 0 Å². The van der Waals surface area contributed by atoms with E-state index in [-0.39, 0.29) is 11.8 Å². The number of carbonyl (C=O) groups excluding carboxylic acids is 2. The molecule has 1 aliphatic heterocycles. The average Bonchev–Trinajstić information content (AvgIpc) is 2.98. The maximum absolute atomic E-state index is 12.4. The summed E-state index contributed by atoms with van der Waals surface area (Å²) in [5.74, 6) is 0.501. The van der Waals surface area contributed by atoms with Crippen molar-refractivity contribution in [1.82, 2.24) is 15.1 Å². The number of carbonyl (C=O) groups is 2. The minimum absolute atomic E-state index is 0.0563. The van der Waals surface area contributed by atoms with Gasteiger partial charge in [-0.1, -0.05) is 29.8 Å². The van der Waals surface area contributed by atoms with Crippen LogP contribution in [0.15, 0.2) is 24.3 Å². The van der Waals surface area contributed by atoms with Gasteiger partial charge in [-0.05, 0) is 31.9 Å². The van der Waals surface area contributed by atoms with Crippen LogP contribution in [0, 0.1) is 12.8 Å². The summed E-state index contributed by atoms with van der Waals surface area (Å²) in [4.78, 5) is 27.7. The van der Waals surface area contributed by atoms with E-state index in [1.54, 1.807) is 7.05 Å². The summed E-state index contributed by atoms with van der Waals surface area (Å²) in [6.45, 7) is 4.71. The summed E-state index contributed by atoms with van der Waals surface area (Å²) in [5, 5.41) is 2.65. The van der Waals surface area contributed by atoms with E-state index in [0.29, 0.717) is 25.4 Å². The predicted molar refractivity (Wildman–Crippen MR) is 90.9 cm³/mol. The number of benzene rings is 1. The van der Waals surface area contributed by atoms with Gasteiger partial charge in [0.25, 0.3) is 0 Å². The van der Waals surface area contributed by atoms with Crippen molar-refractivity contribution in [1.29, 1.82) is 0 Å². The number of aryl methyl sites for hydroxylation is 1. The molecule has 5 heteroatoms. The first-order valence-corrected chi connectivity index (χ1v) is 8.20. The fourth-order valence-electron chi connectivity index (χ4n) is 2.98. The first kappa shape index (κ1) is 17.5. The number of likely N-dealkylation sites (tertiary alicyclic amines) is 1. The molecule has 0 aliphatic carbocycles. The van der Waals surface area contributed by atoms with Crippen LogP contribution in [0.1, 0.15) is 24.0 Å². The molecule has 0 aromatic heterocycles. The van der Waals surface area contributed by atoms with Gasteiger partial charge in [0.05, 0.1) is 6.54 Å². The zero-order valence-electron chi connectivity index (χ0n) is 14.3. The number of nitrogens with one attached hydrogen (secondary N) is 1. The van der Waals surface area contributed by atoms with Crippen molar-refractivity contribution in [3.8, 4) is 0 Å². The van der Waals surface area contributed by atoms with Gasteiger partial charge in [0.2, 0.25) is 11.8 Å². The van der Waals surface area contributed by atoms with Crippen LogP contribution < -0.4 is 5.32 Å². The SMILES string of the molecule is CNC(=O)C[C@@H]1CCN(C(=O)CN(C)Cc2ccc(C)cc2)C1. The average molecular weight is 317 g/mol. The van der Waals surface area contributed by atoms with Gasteiger partial charge in [-0.2, -0.15) is 0 Å².